The Kier molecular flexibility index (Phi) is 5.71. The Morgan fingerprint density at radius 3 is 2.00 bits per heavy atom. The van der Waals surface area contributed by atoms with Crippen LogP contribution in [0, 0.1) is 5.92 Å². The first kappa shape index (κ1) is 12.4. The summed E-state index contributed by atoms with van der Waals surface area (Å²) < 4.78 is 0. The molecule has 1 amide bonds. The maximum absolute atomic E-state index is 11.2. The molecule has 0 heterocycles. The van der Waals surface area contributed by atoms with Crippen molar-refractivity contribution in [1.82, 2.24) is 5.32 Å². The molecule has 0 aliphatic carbocycles. The lowest BCUT2D eigenvalue weighted by molar-refractivity contribution is -0.121. The molecule has 0 aliphatic heterocycles. The highest BCUT2D eigenvalue weighted by Crippen LogP contribution is 2.13. The summed E-state index contributed by atoms with van der Waals surface area (Å²) in [5.41, 5.74) is 5.34. The number of hydrogen-bond acceptors (Lipinski definition) is 2. The van der Waals surface area contributed by atoms with Gasteiger partial charge in [-0.05, 0) is 5.92 Å². The summed E-state index contributed by atoms with van der Waals surface area (Å²) in [6.45, 7) is 8.23. The van der Waals surface area contributed by atoms with E-state index >= 15 is 0 Å². The van der Waals surface area contributed by atoms with Crippen LogP contribution in [0.3, 0.4) is 0 Å². The van der Waals surface area contributed by atoms with Crippen molar-refractivity contribution in [3.05, 3.63) is 0 Å². The van der Waals surface area contributed by atoms with Crippen molar-refractivity contribution in [2.75, 3.05) is 0 Å². The second-order valence-corrected chi connectivity index (χ2v) is 3.78. The summed E-state index contributed by atoms with van der Waals surface area (Å²) >= 11 is 0. The van der Waals surface area contributed by atoms with E-state index in [1.54, 1.807) is 0 Å². The molecule has 0 saturated carbocycles. The predicted octanol–water partition coefficient (Wildman–Crippen LogP) is 1.27. The fourth-order valence-electron chi connectivity index (χ4n) is 1.57. The van der Waals surface area contributed by atoms with Crippen molar-refractivity contribution in [3.8, 4) is 0 Å². The van der Waals surface area contributed by atoms with E-state index in [1.807, 2.05) is 13.8 Å². The van der Waals surface area contributed by atoms with Crippen LogP contribution in [-0.2, 0) is 4.79 Å². The molecule has 13 heavy (non-hydrogen) atoms. The molecule has 0 fully saturated rings. The molecule has 0 spiro atoms. The Balaban J connectivity index is 4.30. The highest BCUT2D eigenvalue weighted by atomic mass is 16.1. The quantitative estimate of drug-likeness (QED) is 0.656. The van der Waals surface area contributed by atoms with Gasteiger partial charge in [0, 0.05) is 6.04 Å². The van der Waals surface area contributed by atoms with Gasteiger partial charge in [0.1, 0.15) is 0 Å². The van der Waals surface area contributed by atoms with Crippen LogP contribution in [0.5, 0.6) is 0 Å². The molecule has 3 N–H and O–H groups in total. The minimum atomic E-state index is -0.234. The van der Waals surface area contributed by atoms with Gasteiger partial charge in [0.25, 0.3) is 0 Å². The van der Waals surface area contributed by atoms with E-state index in [0.717, 1.165) is 12.8 Å². The molecule has 0 aromatic carbocycles. The van der Waals surface area contributed by atoms with Crippen LogP contribution >= 0.6 is 0 Å². The van der Waals surface area contributed by atoms with Crippen LogP contribution < -0.4 is 11.1 Å². The first-order chi connectivity index (χ1) is 6.02. The molecule has 0 saturated heterocycles. The maximum atomic E-state index is 11.2. The summed E-state index contributed by atoms with van der Waals surface area (Å²) in [6, 6.07) is 0.132. The van der Waals surface area contributed by atoms with Crippen molar-refractivity contribution in [2.45, 2.75) is 52.6 Å². The van der Waals surface area contributed by atoms with Gasteiger partial charge >= 0.3 is 0 Å². The lowest BCUT2D eigenvalue weighted by Gasteiger charge is -2.25. The molecule has 0 bridgehead atoms. The van der Waals surface area contributed by atoms with Gasteiger partial charge in [0.2, 0.25) is 5.91 Å². The summed E-state index contributed by atoms with van der Waals surface area (Å²) in [4.78, 5) is 11.2. The van der Waals surface area contributed by atoms with Crippen LogP contribution in [0.1, 0.15) is 40.5 Å². The second kappa shape index (κ2) is 5.97. The summed E-state index contributed by atoms with van der Waals surface area (Å²) in [7, 11) is 0. The third-order valence-electron chi connectivity index (χ3n) is 2.34. The summed E-state index contributed by atoms with van der Waals surface area (Å²) in [5.74, 6) is 0.127. The molecule has 1 unspecified atom stereocenters. The average molecular weight is 186 g/mol. The number of carbonyl (C=O) groups excluding carboxylic acids is 1. The van der Waals surface area contributed by atoms with Crippen molar-refractivity contribution >= 4 is 5.91 Å². The number of primary amides is 1. The molecule has 78 valence electrons. The summed E-state index contributed by atoms with van der Waals surface area (Å²) in [5, 5.41) is 3.21. The minimum absolute atomic E-state index is 0.171. The molecule has 0 rings (SSSR count). The van der Waals surface area contributed by atoms with E-state index < -0.39 is 0 Å². The van der Waals surface area contributed by atoms with Gasteiger partial charge in [-0.15, -0.1) is 0 Å². The highest BCUT2D eigenvalue weighted by Gasteiger charge is 2.23. The molecule has 0 aliphatic rings. The van der Waals surface area contributed by atoms with E-state index in [4.69, 9.17) is 5.73 Å². The molecular formula is C10H22N2O. The number of carbonyl (C=O) groups is 1. The van der Waals surface area contributed by atoms with Gasteiger partial charge < -0.3 is 11.1 Å². The van der Waals surface area contributed by atoms with Crippen molar-refractivity contribution in [1.29, 1.82) is 0 Å². The largest absolute Gasteiger partial charge is 0.368 e. The zero-order valence-corrected chi connectivity index (χ0v) is 9.13. The zero-order valence-electron chi connectivity index (χ0n) is 9.13. The Hall–Kier alpha value is -0.570. The molecule has 0 aromatic rings. The van der Waals surface area contributed by atoms with Crippen LogP contribution in [0.15, 0.2) is 0 Å². The van der Waals surface area contributed by atoms with Crippen LogP contribution in [-0.4, -0.2) is 18.0 Å². The van der Waals surface area contributed by atoms with Crippen LogP contribution in [0.25, 0.3) is 0 Å². The molecule has 3 nitrogen and oxygen atoms in total. The van der Waals surface area contributed by atoms with Crippen molar-refractivity contribution < 1.29 is 4.79 Å². The van der Waals surface area contributed by atoms with Gasteiger partial charge in [-0.1, -0.05) is 40.5 Å². The van der Waals surface area contributed by atoms with Crippen molar-refractivity contribution in [3.63, 3.8) is 0 Å². The van der Waals surface area contributed by atoms with E-state index in [0.29, 0.717) is 12.0 Å². The lowest BCUT2D eigenvalue weighted by Crippen LogP contribution is -2.49. The average Bonchev–Trinajstić information content (AvgIpc) is 2.04. The number of amides is 1. The number of nitrogens with one attached hydrogen (secondary N) is 1. The Bertz CT molecular complexity index is 153. The van der Waals surface area contributed by atoms with Crippen molar-refractivity contribution in [2.24, 2.45) is 11.7 Å². The normalized spacial score (nSPS) is 13.7. The zero-order chi connectivity index (χ0) is 10.4. The van der Waals surface area contributed by atoms with Gasteiger partial charge in [0.15, 0.2) is 0 Å². The fraction of sp³-hybridized carbons (Fsp3) is 0.900. The van der Waals surface area contributed by atoms with E-state index in [1.165, 1.54) is 0 Å². The number of nitrogens with two attached hydrogens (primary N) is 1. The summed E-state index contributed by atoms with van der Waals surface area (Å²) in [6.07, 6.45) is 1.98. The second-order valence-electron chi connectivity index (χ2n) is 3.78. The number of rotatable bonds is 6. The first-order valence-electron chi connectivity index (χ1n) is 5.08. The van der Waals surface area contributed by atoms with Crippen LogP contribution in [0.4, 0.5) is 0 Å². The third-order valence-corrected chi connectivity index (χ3v) is 2.34. The Morgan fingerprint density at radius 2 is 1.77 bits per heavy atom. The molecule has 1 atom stereocenters. The van der Waals surface area contributed by atoms with E-state index in [-0.39, 0.29) is 11.9 Å². The van der Waals surface area contributed by atoms with E-state index in [9.17, 15) is 4.79 Å². The minimum Gasteiger partial charge on any atom is -0.368 e. The SMILES string of the molecule is CCC(CC)C(NC(C)C)C(N)=O. The van der Waals surface area contributed by atoms with E-state index in [2.05, 4.69) is 19.2 Å². The third kappa shape index (κ3) is 4.27. The Labute approximate surface area is 81.1 Å². The first-order valence-corrected chi connectivity index (χ1v) is 5.08. The molecule has 3 heteroatoms. The lowest BCUT2D eigenvalue weighted by atomic mass is 9.93. The highest BCUT2D eigenvalue weighted by molar-refractivity contribution is 5.80. The molecular weight excluding hydrogens is 164 g/mol. The fourth-order valence-corrected chi connectivity index (χ4v) is 1.57. The predicted molar refractivity (Wildman–Crippen MR) is 55.3 cm³/mol. The molecule has 0 aromatic heterocycles. The maximum Gasteiger partial charge on any atom is 0.234 e. The van der Waals surface area contributed by atoms with Crippen LogP contribution in [0.2, 0.25) is 0 Å². The van der Waals surface area contributed by atoms with Gasteiger partial charge in [0.05, 0.1) is 6.04 Å². The van der Waals surface area contributed by atoms with Gasteiger partial charge in [-0.3, -0.25) is 4.79 Å². The smallest absolute Gasteiger partial charge is 0.234 e. The topological polar surface area (TPSA) is 55.1 Å². The molecule has 0 radical (unpaired) electrons. The monoisotopic (exact) mass is 186 g/mol. The number of hydrogen-bond donors (Lipinski definition) is 2. The standard InChI is InChI=1S/C10H22N2O/c1-5-8(6-2)9(10(11)13)12-7(3)4/h7-9,12H,5-6H2,1-4H3,(H2,11,13). The Morgan fingerprint density at radius 1 is 1.31 bits per heavy atom. The van der Waals surface area contributed by atoms with Gasteiger partial charge in [-0.2, -0.15) is 0 Å². The van der Waals surface area contributed by atoms with Gasteiger partial charge in [-0.25, -0.2) is 0 Å².